The number of nitrogens with one attached hydrogen (secondary N) is 3. The highest BCUT2D eigenvalue weighted by molar-refractivity contribution is 5.74. The molecule has 0 amide bonds. The van der Waals surface area contributed by atoms with E-state index in [2.05, 4.69) is 24.1 Å². The molecule has 0 saturated carbocycles. The van der Waals surface area contributed by atoms with Crippen molar-refractivity contribution in [2.75, 3.05) is 13.6 Å². The van der Waals surface area contributed by atoms with Gasteiger partial charge in [0.1, 0.15) is 0 Å². The SMILES string of the molecule is C=C(CCNC(=N)N)[C@@H](CC)NC. The third-order valence-electron chi connectivity index (χ3n) is 2.01. The van der Waals surface area contributed by atoms with Crippen LogP contribution >= 0.6 is 0 Å². The number of likely N-dealkylation sites (N-methyl/N-ethyl adjacent to an activating group) is 1. The largest absolute Gasteiger partial charge is 0.370 e. The Hall–Kier alpha value is -1.03. The first kappa shape index (κ1) is 12.0. The molecule has 0 heterocycles. The normalized spacial score (nSPS) is 12.2. The van der Waals surface area contributed by atoms with Crippen LogP contribution in [0.1, 0.15) is 19.8 Å². The monoisotopic (exact) mass is 184 g/mol. The van der Waals surface area contributed by atoms with Gasteiger partial charge in [0.15, 0.2) is 5.96 Å². The van der Waals surface area contributed by atoms with E-state index in [1.807, 2.05) is 7.05 Å². The third kappa shape index (κ3) is 5.25. The number of rotatable bonds is 6. The Balaban J connectivity index is 3.66. The minimum absolute atomic E-state index is 0.0188. The fourth-order valence-corrected chi connectivity index (χ4v) is 1.23. The molecule has 0 aliphatic heterocycles. The van der Waals surface area contributed by atoms with Gasteiger partial charge in [0.25, 0.3) is 0 Å². The lowest BCUT2D eigenvalue weighted by Gasteiger charge is -2.17. The Morgan fingerprint density at radius 3 is 2.62 bits per heavy atom. The van der Waals surface area contributed by atoms with Crippen LogP contribution in [0.15, 0.2) is 12.2 Å². The van der Waals surface area contributed by atoms with Gasteiger partial charge in [-0.05, 0) is 19.9 Å². The second-order valence-electron chi connectivity index (χ2n) is 3.00. The average Bonchev–Trinajstić information content (AvgIpc) is 2.05. The predicted molar refractivity (Wildman–Crippen MR) is 56.8 cm³/mol. The van der Waals surface area contributed by atoms with Crippen LogP contribution in [-0.2, 0) is 0 Å². The molecule has 0 rings (SSSR count). The summed E-state index contributed by atoms with van der Waals surface area (Å²) in [6, 6.07) is 0.369. The van der Waals surface area contributed by atoms with Crippen molar-refractivity contribution in [3.63, 3.8) is 0 Å². The Morgan fingerprint density at radius 1 is 1.62 bits per heavy atom. The second-order valence-corrected chi connectivity index (χ2v) is 3.00. The standard InChI is InChI=1S/C9H20N4/c1-4-8(12-3)7(2)5-6-13-9(10)11/h8,12H,2,4-6H2,1,3H3,(H4,10,11,13)/t8-/m1/s1. The molecule has 0 aromatic rings. The lowest BCUT2D eigenvalue weighted by atomic mass is 10.0. The van der Waals surface area contributed by atoms with E-state index < -0.39 is 0 Å². The Bertz CT molecular complexity index is 172. The Kier molecular flexibility index (Phi) is 5.97. The van der Waals surface area contributed by atoms with Gasteiger partial charge in [-0.25, -0.2) is 0 Å². The second kappa shape index (κ2) is 6.48. The van der Waals surface area contributed by atoms with Crippen molar-refractivity contribution in [2.45, 2.75) is 25.8 Å². The fourth-order valence-electron chi connectivity index (χ4n) is 1.23. The van der Waals surface area contributed by atoms with Gasteiger partial charge in [-0.3, -0.25) is 5.41 Å². The summed E-state index contributed by atoms with van der Waals surface area (Å²) < 4.78 is 0. The van der Waals surface area contributed by atoms with E-state index in [0.717, 1.165) is 18.4 Å². The zero-order valence-electron chi connectivity index (χ0n) is 8.48. The van der Waals surface area contributed by atoms with Crippen LogP contribution in [0.5, 0.6) is 0 Å². The fraction of sp³-hybridized carbons (Fsp3) is 0.667. The summed E-state index contributed by atoms with van der Waals surface area (Å²) in [5, 5.41) is 12.9. The topological polar surface area (TPSA) is 73.9 Å². The smallest absolute Gasteiger partial charge is 0.185 e. The molecule has 0 fully saturated rings. The van der Waals surface area contributed by atoms with Crippen LogP contribution < -0.4 is 16.4 Å². The minimum Gasteiger partial charge on any atom is -0.370 e. The predicted octanol–water partition coefficient (Wildman–Crippen LogP) is 0.414. The molecule has 0 bridgehead atoms. The summed E-state index contributed by atoms with van der Waals surface area (Å²) in [5.74, 6) is 0.0188. The van der Waals surface area contributed by atoms with E-state index in [9.17, 15) is 0 Å². The van der Waals surface area contributed by atoms with Gasteiger partial charge < -0.3 is 16.4 Å². The summed E-state index contributed by atoms with van der Waals surface area (Å²) in [4.78, 5) is 0. The van der Waals surface area contributed by atoms with Crippen LogP contribution in [0.4, 0.5) is 0 Å². The number of hydrogen-bond acceptors (Lipinski definition) is 2. The van der Waals surface area contributed by atoms with Crippen LogP contribution in [0.2, 0.25) is 0 Å². The van der Waals surface area contributed by atoms with Crippen LogP contribution in [0.3, 0.4) is 0 Å². The van der Waals surface area contributed by atoms with Gasteiger partial charge in [-0.15, -0.1) is 0 Å². The molecule has 13 heavy (non-hydrogen) atoms. The maximum atomic E-state index is 6.96. The molecule has 76 valence electrons. The van der Waals surface area contributed by atoms with E-state index in [4.69, 9.17) is 11.1 Å². The molecular formula is C9H20N4. The quantitative estimate of drug-likeness (QED) is 0.274. The van der Waals surface area contributed by atoms with Gasteiger partial charge in [0.05, 0.1) is 0 Å². The first-order chi connectivity index (χ1) is 6.11. The molecule has 5 N–H and O–H groups in total. The molecule has 0 spiro atoms. The Morgan fingerprint density at radius 2 is 2.23 bits per heavy atom. The van der Waals surface area contributed by atoms with Gasteiger partial charge >= 0.3 is 0 Å². The summed E-state index contributed by atoms with van der Waals surface area (Å²) >= 11 is 0. The molecule has 0 aliphatic carbocycles. The first-order valence-electron chi connectivity index (χ1n) is 4.54. The molecule has 4 nitrogen and oxygen atoms in total. The molecule has 0 radical (unpaired) electrons. The first-order valence-corrected chi connectivity index (χ1v) is 4.54. The number of nitrogens with two attached hydrogens (primary N) is 1. The van der Waals surface area contributed by atoms with Gasteiger partial charge in [-0.1, -0.05) is 19.1 Å². The zero-order chi connectivity index (χ0) is 10.3. The maximum Gasteiger partial charge on any atom is 0.185 e. The van der Waals surface area contributed by atoms with Crippen molar-refractivity contribution in [1.82, 2.24) is 10.6 Å². The molecule has 0 unspecified atom stereocenters. The summed E-state index contributed by atoms with van der Waals surface area (Å²) in [6.45, 7) is 6.78. The van der Waals surface area contributed by atoms with Crippen LogP contribution in [-0.4, -0.2) is 25.6 Å². The van der Waals surface area contributed by atoms with Crippen molar-refractivity contribution < 1.29 is 0 Å². The summed E-state index contributed by atoms with van der Waals surface area (Å²) in [7, 11) is 1.93. The lowest BCUT2D eigenvalue weighted by molar-refractivity contribution is 0.593. The van der Waals surface area contributed by atoms with Crippen molar-refractivity contribution >= 4 is 5.96 Å². The maximum absolute atomic E-state index is 6.96. The summed E-state index contributed by atoms with van der Waals surface area (Å²) in [6.07, 6.45) is 1.88. The van der Waals surface area contributed by atoms with E-state index >= 15 is 0 Å². The number of hydrogen-bond donors (Lipinski definition) is 4. The Labute approximate surface area is 80.1 Å². The molecule has 0 saturated heterocycles. The van der Waals surface area contributed by atoms with E-state index in [0.29, 0.717) is 12.6 Å². The molecule has 0 aromatic carbocycles. The zero-order valence-corrected chi connectivity index (χ0v) is 8.48. The molecule has 0 aromatic heterocycles. The van der Waals surface area contributed by atoms with Crippen molar-refractivity contribution in [2.24, 2.45) is 5.73 Å². The summed E-state index contributed by atoms with van der Waals surface area (Å²) in [5.41, 5.74) is 6.30. The van der Waals surface area contributed by atoms with E-state index in [1.54, 1.807) is 0 Å². The lowest BCUT2D eigenvalue weighted by Crippen LogP contribution is -2.33. The van der Waals surface area contributed by atoms with Gasteiger partial charge in [0, 0.05) is 12.6 Å². The van der Waals surface area contributed by atoms with Crippen molar-refractivity contribution in [1.29, 1.82) is 5.41 Å². The van der Waals surface area contributed by atoms with Crippen LogP contribution in [0.25, 0.3) is 0 Å². The minimum atomic E-state index is 0.0188. The van der Waals surface area contributed by atoms with E-state index in [-0.39, 0.29) is 5.96 Å². The highest BCUT2D eigenvalue weighted by atomic mass is 15.0. The van der Waals surface area contributed by atoms with E-state index in [1.165, 1.54) is 0 Å². The highest BCUT2D eigenvalue weighted by Gasteiger charge is 2.06. The van der Waals surface area contributed by atoms with Crippen molar-refractivity contribution in [3.05, 3.63) is 12.2 Å². The molecule has 1 atom stereocenters. The van der Waals surface area contributed by atoms with Gasteiger partial charge in [-0.2, -0.15) is 0 Å². The average molecular weight is 184 g/mol. The van der Waals surface area contributed by atoms with Crippen molar-refractivity contribution in [3.8, 4) is 0 Å². The highest BCUT2D eigenvalue weighted by Crippen LogP contribution is 2.06. The number of guanidine groups is 1. The molecule has 0 aliphatic rings. The van der Waals surface area contributed by atoms with Crippen LogP contribution in [0, 0.1) is 5.41 Å². The molecular weight excluding hydrogens is 164 g/mol. The third-order valence-corrected chi connectivity index (χ3v) is 2.01. The molecule has 4 heteroatoms. The van der Waals surface area contributed by atoms with Gasteiger partial charge in [0.2, 0.25) is 0 Å².